The van der Waals surface area contributed by atoms with Crippen LogP contribution < -0.4 is 10.1 Å². The van der Waals surface area contributed by atoms with Crippen molar-refractivity contribution in [2.75, 3.05) is 19.7 Å². The first-order valence-electron chi connectivity index (χ1n) is 17.0. The van der Waals surface area contributed by atoms with Gasteiger partial charge in [0.05, 0.1) is 29.4 Å². The third-order valence-electron chi connectivity index (χ3n) is 8.13. The van der Waals surface area contributed by atoms with E-state index >= 15 is 0 Å². The van der Waals surface area contributed by atoms with Crippen LogP contribution in [-0.2, 0) is 16.1 Å². The summed E-state index contributed by atoms with van der Waals surface area (Å²) in [6.07, 6.45) is 2.40. The lowest BCUT2D eigenvalue weighted by Gasteiger charge is -2.33. The molecule has 1 aliphatic heterocycles. The average Bonchev–Trinajstić information content (AvgIpc) is 3.57. The van der Waals surface area contributed by atoms with E-state index in [9.17, 15) is 18.4 Å². The summed E-state index contributed by atoms with van der Waals surface area (Å²) in [5.41, 5.74) is 1.93. The summed E-state index contributed by atoms with van der Waals surface area (Å²) in [5, 5.41) is 8.57. The molecule has 0 bridgehead atoms. The second-order valence-electron chi connectivity index (χ2n) is 16.0. The van der Waals surface area contributed by atoms with Crippen LogP contribution in [-0.4, -0.2) is 87.2 Å². The van der Waals surface area contributed by atoms with Gasteiger partial charge in [0.2, 0.25) is 0 Å². The van der Waals surface area contributed by atoms with Crippen LogP contribution in [0, 0.1) is 0 Å². The number of nitrogens with zero attached hydrogens (tertiary/aromatic N) is 5. The van der Waals surface area contributed by atoms with E-state index in [-0.39, 0.29) is 30.4 Å². The molecular formula is C35H49F2N7O5Si. The minimum absolute atomic E-state index is 0.0260. The zero-order valence-electron chi connectivity index (χ0n) is 30.4. The predicted molar refractivity (Wildman–Crippen MR) is 190 cm³/mol. The van der Waals surface area contributed by atoms with Gasteiger partial charge in [-0.3, -0.25) is 9.48 Å². The molecule has 0 atom stereocenters. The first-order chi connectivity index (χ1) is 23.3. The van der Waals surface area contributed by atoms with Gasteiger partial charge in [-0.15, -0.1) is 0 Å². The number of carbonyl (C=O) groups excluding carboxylic acids is 2. The van der Waals surface area contributed by atoms with Crippen LogP contribution in [0.2, 0.25) is 25.7 Å². The van der Waals surface area contributed by atoms with Crippen molar-refractivity contribution < 1.29 is 32.6 Å². The van der Waals surface area contributed by atoms with E-state index in [0.717, 1.165) is 6.04 Å². The number of likely N-dealkylation sites (tertiary alicyclic amines) is 1. The molecule has 1 aliphatic rings. The molecule has 1 aromatic carbocycles. The minimum atomic E-state index is -3.02. The molecule has 0 unspecified atom stereocenters. The number of piperidine rings is 1. The zero-order valence-corrected chi connectivity index (χ0v) is 31.4. The normalized spacial score (nSPS) is 14.9. The number of amides is 2. The summed E-state index contributed by atoms with van der Waals surface area (Å²) in [5.74, 6) is -0.343. The maximum absolute atomic E-state index is 13.4. The number of nitrogens with one attached hydrogen (secondary N) is 2. The maximum Gasteiger partial charge on any atom is 0.410 e. The van der Waals surface area contributed by atoms with Crippen molar-refractivity contribution in [3.8, 4) is 17.1 Å². The van der Waals surface area contributed by atoms with Gasteiger partial charge in [0.25, 0.3) is 5.91 Å². The van der Waals surface area contributed by atoms with Gasteiger partial charge >= 0.3 is 12.7 Å². The van der Waals surface area contributed by atoms with Crippen LogP contribution in [0.4, 0.5) is 13.6 Å². The summed E-state index contributed by atoms with van der Waals surface area (Å²) >= 11 is 0. The highest BCUT2D eigenvalue weighted by atomic mass is 28.3. The number of aromatic nitrogens is 5. The third kappa shape index (κ3) is 9.16. The summed E-state index contributed by atoms with van der Waals surface area (Å²) < 4.78 is 45.2. The molecule has 0 saturated carbocycles. The SMILES string of the molecule is CC(C)(C)NC(=O)c1c[nH]c2nc(COCC[Si](C)(C)C)c(-c3nn(C4CCN(C(=O)OC(C)(C)C)CC4)c4ccc(OC(F)F)cc34)nc12. The summed E-state index contributed by atoms with van der Waals surface area (Å²) in [7, 11) is -1.38. The Morgan fingerprint density at radius 3 is 2.38 bits per heavy atom. The molecule has 4 heterocycles. The first-order valence-corrected chi connectivity index (χ1v) is 20.7. The monoisotopic (exact) mass is 713 g/mol. The molecule has 2 N–H and O–H groups in total. The Morgan fingerprint density at radius 1 is 1.06 bits per heavy atom. The first kappa shape index (κ1) is 37.1. The number of carbonyl (C=O) groups is 2. The molecule has 2 amide bonds. The van der Waals surface area contributed by atoms with Crippen molar-refractivity contribution in [2.24, 2.45) is 0 Å². The maximum atomic E-state index is 13.4. The number of alkyl halides is 2. The fourth-order valence-corrected chi connectivity index (χ4v) is 6.51. The number of hydrogen-bond acceptors (Lipinski definition) is 8. The molecule has 4 aromatic rings. The Labute approximate surface area is 292 Å². The Bertz CT molecular complexity index is 1850. The van der Waals surface area contributed by atoms with Crippen molar-refractivity contribution in [1.29, 1.82) is 0 Å². The van der Waals surface area contributed by atoms with Crippen molar-refractivity contribution in [3.63, 3.8) is 0 Å². The minimum Gasteiger partial charge on any atom is -0.444 e. The molecular weight excluding hydrogens is 665 g/mol. The Morgan fingerprint density at radius 2 is 1.76 bits per heavy atom. The number of halogens is 2. The molecule has 0 spiro atoms. The third-order valence-corrected chi connectivity index (χ3v) is 9.84. The van der Waals surface area contributed by atoms with Crippen molar-refractivity contribution in [2.45, 2.75) is 110 Å². The largest absolute Gasteiger partial charge is 0.444 e. The molecule has 1 saturated heterocycles. The number of fused-ring (bicyclic) bond motifs is 2. The summed E-state index contributed by atoms with van der Waals surface area (Å²) in [4.78, 5) is 40.7. The van der Waals surface area contributed by atoms with E-state index in [1.54, 1.807) is 17.2 Å². The topological polar surface area (TPSA) is 136 Å². The summed E-state index contributed by atoms with van der Waals surface area (Å²) in [6, 6.07) is 5.56. The number of rotatable bonds is 10. The van der Waals surface area contributed by atoms with Gasteiger partial charge in [-0.2, -0.15) is 13.9 Å². The number of benzene rings is 1. The molecule has 1 fully saturated rings. The molecule has 50 heavy (non-hydrogen) atoms. The van der Waals surface area contributed by atoms with E-state index < -0.39 is 25.8 Å². The van der Waals surface area contributed by atoms with Crippen molar-refractivity contribution >= 4 is 42.1 Å². The highest BCUT2D eigenvalue weighted by Crippen LogP contribution is 2.37. The fraction of sp³-hybridized carbons (Fsp3) is 0.571. The van der Waals surface area contributed by atoms with Gasteiger partial charge in [-0.1, -0.05) is 19.6 Å². The van der Waals surface area contributed by atoms with Gasteiger partial charge in [-0.25, -0.2) is 14.8 Å². The fourth-order valence-electron chi connectivity index (χ4n) is 5.75. The van der Waals surface area contributed by atoms with Gasteiger partial charge < -0.3 is 29.4 Å². The second kappa shape index (κ2) is 14.3. The highest BCUT2D eigenvalue weighted by molar-refractivity contribution is 6.76. The van der Waals surface area contributed by atoms with Crippen molar-refractivity contribution in [3.05, 3.63) is 35.7 Å². The van der Waals surface area contributed by atoms with Gasteiger partial charge in [-0.05, 0) is 78.6 Å². The lowest BCUT2D eigenvalue weighted by molar-refractivity contribution is -0.0497. The van der Waals surface area contributed by atoms with Crippen LogP contribution in [0.3, 0.4) is 0 Å². The van der Waals surface area contributed by atoms with Crippen LogP contribution in [0.1, 0.15) is 76.5 Å². The smallest absolute Gasteiger partial charge is 0.410 e. The van der Waals surface area contributed by atoms with E-state index in [4.69, 9.17) is 29.3 Å². The van der Waals surface area contributed by atoms with E-state index in [1.807, 2.05) is 46.2 Å². The van der Waals surface area contributed by atoms with Crippen LogP contribution in [0.25, 0.3) is 33.5 Å². The van der Waals surface area contributed by atoms with Crippen LogP contribution in [0.5, 0.6) is 5.75 Å². The van der Waals surface area contributed by atoms with E-state index in [2.05, 4.69) is 29.9 Å². The Hall–Kier alpha value is -4.11. The lowest BCUT2D eigenvalue weighted by Crippen LogP contribution is -2.42. The van der Waals surface area contributed by atoms with Crippen LogP contribution in [0.15, 0.2) is 24.4 Å². The Kier molecular flexibility index (Phi) is 10.6. The molecule has 272 valence electrons. The second-order valence-corrected chi connectivity index (χ2v) is 21.7. The highest BCUT2D eigenvalue weighted by Gasteiger charge is 2.31. The molecule has 15 heteroatoms. The van der Waals surface area contributed by atoms with Crippen LogP contribution >= 0.6 is 0 Å². The number of aromatic amines is 1. The molecule has 12 nitrogen and oxygen atoms in total. The molecule has 0 aliphatic carbocycles. The van der Waals surface area contributed by atoms with E-state index in [1.165, 1.54) is 12.1 Å². The molecule has 0 radical (unpaired) electrons. The van der Waals surface area contributed by atoms with Gasteiger partial charge in [0.15, 0.2) is 5.65 Å². The number of hydrogen-bond donors (Lipinski definition) is 2. The molecule has 3 aromatic heterocycles. The predicted octanol–water partition coefficient (Wildman–Crippen LogP) is 7.53. The zero-order chi connectivity index (χ0) is 36.6. The standard InChI is InChI=1S/C35H49F2N7O5Si/c1-34(2,3)41-31(45)24-19-38-30-28(24)40-29(25(39-30)20-47-16-17-50(7,8)9)27-23-18-22(48-32(36)37)10-11-26(23)44(42-27)21-12-14-43(15-13-21)33(46)49-35(4,5)6/h10-11,18-19,21,32H,12-17,20H2,1-9H3,(H,38,39)(H,41,45). The van der Waals surface area contributed by atoms with Gasteiger partial charge in [0.1, 0.15) is 28.3 Å². The number of ether oxygens (including phenoxy) is 3. The van der Waals surface area contributed by atoms with E-state index in [0.29, 0.717) is 77.3 Å². The Balaban J connectivity index is 1.60. The average molecular weight is 714 g/mol. The lowest BCUT2D eigenvalue weighted by atomic mass is 10.0. The number of H-pyrrole nitrogens is 1. The molecule has 5 rings (SSSR count). The quantitative estimate of drug-likeness (QED) is 0.127. The van der Waals surface area contributed by atoms with Crippen molar-refractivity contribution in [1.82, 2.24) is 34.9 Å². The summed E-state index contributed by atoms with van der Waals surface area (Å²) in [6.45, 7) is 16.6. The van der Waals surface area contributed by atoms with Gasteiger partial charge in [0, 0.05) is 44.9 Å².